The second-order valence-corrected chi connectivity index (χ2v) is 7.65. The van der Waals surface area contributed by atoms with Crippen LogP contribution in [0.1, 0.15) is 42.2 Å². The first-order chi connectivity index (χ1) is 12.5. The second-order valence-electron chi connectivity index (χ2n) is 5.79. The molecule has 0 fully saturated rings. The highest BCUT2D eigenvalue weighted by molar-refractivity contribution is 7.99. The zero-order chi connectivity index (χ0) is 18.9. The van der Waals surface area contributed by atoms with Crippen LogP contribution < -0.4 is 10.6 Å². The number of rotatable bonds is 10. The molecule has 26 heavy (non-hydrogen) atoms. The van der Waals surface area contributed by atoms with Gasteiger partial charge in [-0.2, -0.15) is 4.37 Å². The maximum atomic E-state index is 12.1. The Morgan fingerprint density at radius 3 is 2.85 bits per heavy atom. The maximum absolute atomic E-state index is 12.1. The number of carbonyl (C=O) groups excluding carboxylic acids is 1. The number of carboxylic acids is 1. The van der Waals surface area contributed by atoms with E-state index in [1.165, 1.54) is 11.8 Å². The molecule has 0 unspecified atom stereocenters. The van der Waals surface area contributed by atoms with Gasteiger partial charge >= 0.3 is 12.0 Å². The van der Waals surface area contributed by atoms with Crippen molar-refractivity contribution in [1.29, 1.82) is 0 Å². The zero-order valence-corrected chi connectivity index (χ0v) is 16.6. The van der Waals surface area contributed by atoms with Gasteiger partial charge in [-0.15, -0.1) is 11.8 Å². The molecular formula is C17H24N4O3S2. The smallest absolute Gasteiger partial charge is 0.341 e. The van der Waals surface area contributed by atoms with E-state index in [0.717, 1.165) is 42.2 Å². The number of thioether (sulfide) groups is 1. The number of anilines is 1. The van der Waals surface area contributed by atoms with Crippen molar-refractivity contribution in [2.24, 2.45) is 7.05 Å². The Balaban J connectivity index is 1.88. The van der Waals surface area contributed by atoms with Crippen molar-refractivity contribution in [1.82, 2.24) is 14.3 Å². The van der Waals surface area contributed by atoms with Gasteiger partial charge < -0.3 is 15.0 Å². The van der Waals surface area contributed by atoms with Gasteiger partial charge in [0, 0.05) is 31.9 Å². The van der Waals surface area contributed by atoms with E-state index < -0.39 is 12.0 Å². The molecule has 9 heteroatoms. The van der Waals surface area contributed by atoms with Crippen molar-refractivity contribution < 1.29 is 14.7 Å². The van der Waals surface area contributed by atoms with Gasteiger partial charge in [0.15, 0.2) is 0 Å². The van der Waals surface area contributed by atoms with Crippen LogP contribution >= 0.6 is 23.3 Å². The number of aromatic carboxylic acids is 1. The second kappa shape index (κ2) is 10.2. The summed E-state index contributed by atoms with van der Waals surface area (Å²) in [4.78, 5) is 23.6. The number of hydrogen-bond acceptors (Lipinski definition) is 5. The number of carbonyl (C=O) groups is 2. The highest BCUT2D eigenvalue weighted by Gasteiger charge is 2.22. The van der Waals surface area contributed by atoms with Crippen molar-refractivity contribution >= 4 is 40.3 Å². The number of aryl methyl sites for hydroxylation is 1. The SMILES string of the molecule is CCCCCSc1nsc(NC(=O)NCCc2cccn2C)c1C(=O)O. The summed E-state index contributed by atoms with van der Waals surface area (Å²) in [7, 11) is 1.95. The predicted molar refractivity (Wildman–Crippen MR) is 105 cm³/mol. The van der Waals surface area contributed by atoms with E-state index in [1.807, 2.05) is 29.9 Å². The summed E-state index contributed by atoms with van der Waals surface area (Å²) in [5.74, 6) is -0.254. The van der Waals surface area contributed by atoms with Gasteiger partial charge in [0.2, 0.25) is 0 Å². The van der Waals surface area contributed by atoms with Gasteiger partial charge in [-0.3, -0.25) is 5.32 Å². The number of unbranched alkanes of at least 4 members (excludes halogenated alkanes) is 2. The fourth-order valence-electron chi connectivity index (χ4n) is 2.38. The lowest BCUT2D eigenvalue weighted by Gasteiger charge is -2.07. The van der Waals surface area contributed by atoms with E-state index >= 15 is 0 Å². The Kier molecular flexibility index (Phi) is 7.99. The third-order valence-corrected chi connectivity index (χ3v) is 5.75. The average molecular weight is 397 g/mol. The highest BCUT2D eigenvalue weighted by Crippen LogP contribution is 2.32. The number of carboxylic acid groups (broad SMARTS) is 1. The van der Waals surface area contributed by atoms with Crippen LogP contribution in [0.15, 0.2) is 23.4 Å². The molecule has 0 aliphatic heterocycles. The van der Waals surface area contributed by atoms with Crippen LogP contribution in [-0.2, 0) is 13.5 Å². The summed E-state index contributed by atoms with van der Waals surface area (Å²) in [6, 6.07) is 3.52. The van der Waals surface area contributed by atoms with Crippen LogP contribution in [0, 0.1) is 0 Å². The standard InChI is InChI=1S/C17H24N4O3S2/c1-3-4-5-11-25-15-13(16(22)23)14(26-20-15)19-17(24)18-9-8-12-7-6-10-21(12)2/h6-7,10H,3-5,8-9,11H2,1-2H3,(H,22,23)(H2,18,19,24). The first-order valence-corrected chi connectivity index (χ1v) is 10.3. The van der Waals surface area contributed by atoms with Crippen molar-refractivity contribution in [2.75, 3.05) is 17.6 Å². The van der Waals surface area contributed by atoms with Crippen LogP contribution in [0.4, 0.5) is 9.80 Å². The van der Waals surface area contributed by atoms with Crippen LogP contribution in [0.2, 0.25) is 0 Å². The van der Waals surface area contributed by atoms with Crippen LogP contribution in [0.25, 0.3) is 0 Å². The molecule has 3 N–H and O–H groups in total. The molecular weight excluding hydrogens is 372 g/mol. The minimum atomic E-state index is -1.07. The number of nitrogens with zero attached hydrogens (tertiary/aromatic N) is 2. The summed E-state index contributed by atoms with van der Waals surface area (Å²) in [5.41, 5.74) is 1.19. The molecule has 0 atom stereocenters. The number of nitrogens with one attached hydrogen (secondary N) is 2. The van der Waals surface area contributed by atoms with Crippen molar-refractivity contribution in [3.05, 3.63) is 29.6 Å². The van der Waals surface area contributed by atoms with E-state index in [2.05, 4.69) is 21.9 Å². The van der Waals surface area contributed by atoms with Gasteiger partial charge in [0.25, 0.3) is 0 Å². The first-order valence-electron chi connectivity index (χ1n) is 8.53. The summed E-state index contributed by atoms with van der Waals surface area (Å²) in [6.45, 7) is 2.58. The largest absolute Gasteiger partial charge is 0.477 e. The van der Waals surface area contributed by atoms with Gasteiger partial charge in [-0.1, -0.05) is 19.8 Å². The molecule has 2 amide bonds. The van der Waals surface area contributed by atoms with Gasteiger partial charge in [0.1, 0.15) is 15.6 Å². The Morgan fingerprint density at radius 1 is 1.38 bits per heavy atom. The topological polar surface area (TPSA) is 96.3 Å². The molecule has 2 aromatic rings. The van der Waals surface area contributed by atoms with E-state index in [1.54, 1.807) is 0 Å². The lowest BCUT2D eigenvalue weighted by atomic mass is 10.3. The molecule has 0 saturated heterocycles. The molecule has 2 aromatic heterocycles. The monoisotopic (exact) mass is 396 g/mol. The Labute approximate surface area is 161 Å². The number of aromatic nitrogens is 2. The molecule has 0 spiro atoms. The molecule has 0 radical (unpaired) electrons. The van der Waals surface area contributed by atoms with E-state index in [0.29, 0.717) is 18.0 Å². The lowest BCUT2D eigenvalue weighted by molar-refractivity contribution is 0.0694. The van der Waals surface area contributed by atoms with E-state index in [4.69, 9.17) is 0 Å². The third kappa shape index (κ3) is 5.77. The normalized spacial score (nSPS) is 10.7. The quantitative estimate of drug-likeness (QED) is 0.419. The predicted octanol–water partition coefficient (Wildman–Crippen LogP) is 3.83. The third-order valence-electron chi connectivity index (χ3n) is 3.81. The molecule has 2 rings (SSSR count). The summed E-state index contributed by atoms with van der Waals surface area (Å²) in [5, 5.41) is 15.6. The van der Waals surface area contributed by atoms with Crippen molar-refractivity contribution in [3.8, 4) is 0 Å². The average Bonchev–Trinajstić information content (AvgIpc) is 3.18. The van der Waals surface area contributed by atoms with E-state index in [9.17, 15) is 14.7 Å². The molecule has 0 aliphatic rings. The molecule has 0 saturated carbocycles. The Bertz CT molecular complexity index is 742. The van der Waals surface area contributed by atoms with Gasteiger partial charge in [-0.25, -0.2) is 9.59 Å². The van der Waals surface area contributed by atoms with Crippen LogP contribution in [0.3, 0.4) is 0 Å². The molecule has 2 heterocycles. The molecule has 0 aliphatic carbocycles. The summed E-state index contributed by atoms with van der Waals surface area (Å²) < 4.78 is 6.19. The lowest BCUT2D eigenvalue weighted by Crippen LogP contribution is -2.30. The molecule has 7 nitrogen and oxygen atoms in total. The maximum Gasteiger partial charge on any atom is 0.341 e. The number of hydrogen-bond donors (Lipinski definition) is 3. The number of urea groups is 1. The van der Waals surface area contributed by atoms with Gasteiger partial charge in [-0.05, 0) is 35.8 Å². The minimum absolute atomic E-state index is 0.0779. The van der Waals surface area contributed by atoms with Crippen LogP contribution in [-0.4, -0.2) is 38.3 Å². The zero-order valence-electron chi connectivity index (χ0n) is 14.9. The van der Waals surface area contributed by atoms with Crippen LogP contribution in [0.5, 0.6) is 0 Å². The van der Waals surface area contributed by atoms with Crippen molar-refractivity contribution in [2.45, 2.75) is 37.6 Å². The van der Waals surface area contributed by atoms with E-state index in [-0.39, 0.29) is 10.6 Å². The minimum Gasteiger partial charge on any atom is -0.477 e. The summed E-state index contributed by atoms with van der Waals surface area (Å²) >= 11 is 2.43. The van der Waals surface area contributed by atoms with Crippen molar-refractivity contribution in [3.63, 3.8) is 0 Å². The highest BCUT2D eigenvalue weighted by atomic mass is 32.2. The fourth-order valence-corrected chi connectivity index (χ4v) is 4.32. The Hall–Kier alpha value is -2.00. The Morgan fingerprint density at radius 2 is 2.19 bits per heavy atom. The first kappa shape index (κ1) is 20.3. The molecule has 142 valence electrons. The number of amides is 2. The molecule has 0 aromatic carbocycles. The fraction of sp³-hybridized carbons (Fsp3) is 0.471. The summed E-state index contributed by atoms with van der Waals surface area (Å²) in [6.07, 6.45) is 5.88. The van der Waals surface area contributed by atoms with Gasteiger partial charge in [0.05, 0.1) is 0 Å². The molecule has 0 bridgehead atoms.